The topological polar surface area (TPSA) is 19.4 Å². The van der Waals surface area contributed by atoms with Gasteiger partial charge in [0.2, 0.25) is 0 Å². The van der Waals surface area contributed by atoms with Crippen LogP contribution in [0.4, 0.5) is 17.2 Å². The predicted molar refractivity (Wildman–Crippen MR) is 70.7 cm³/mol. The summed E-state index contributed by atoms with van der Waals surface area (Å²) in [5.74, 6) is 1.05. The number of anilines is 3. The van der Waals surface area contributed by atoms with E-state index in [1.807, 2.05) is 18.3 Å². The molecule has 0 aliphatic carbocycles. The Morgan fingerprint density at radius 2 is 1.82 bits per heavy atom. The van der Waals surface area contributed by atoms with Crippen molar-refractivity contribution in [2.45, 2.75) is 13.1 Å². The highest BCUT2D eigenvalue weighted by Gasteiger charge is 2.31. The molecule has 1 unspecified atom stereocenters. The second kappa shape index (κ2) is 3.77. The van der Waals surface area contributed by atoms with Crippen LogP contribution in [0.5, 0.6) is 0 Å². The molecule has 0 fully saturated rings. The lowest BCUT2D eigenvalue weighted by Crippen LogP contribution is -2.35. The van der Waals surface area contributed by atoms with Crippen LogP contribution in [-0.4, -0.2) is 18.2 Å². The van der Waals surface area contributed by atoms with Crippen molar-refractivity contribution in [3.8, 4) is 0 Å². The van der Waals surface area contributed by atoms with Crippen LogP contribution in [0, 0.1) is 0 Å². The molecule has 0 bridgehead atoms. The minimum atomic E-state index is 0.294. The molecule has 0 radical (unpaired) electrons. The van der Waals surface area contributed by atoms with Gasteiger partial charge in [-0.3, -0.25) is 0 Å². The van der Waals surface area contributed by atoms with Crippen molar-refractivity contribution in [3.05, 3.63) is 48.7 Å². The zero-order chi connectivity index (χ0) is 11.8. The summed E-state index contributed by atoms with van der Waals surface area (Å²) in [5, 5.41) is 0. The zero-order valence-corrected chi connectivity index (χ0v) is 10.0. The normalized spacial score (nSPS) is 18.4. The van der Waals surface area contributed by atoms with E-state index in [0.29, 0.717) is 6.17 Å². The largest absolute Gasteiger partial charge is 0.337 e. The smallest absolute Gasteiger partial charge is 0.153 e. The standard InChI is InChI=1S/C14H15N3/c1-11-16(2)14-13(9-6-10-15-14)17(11)12-7-4-3-5-8-12/h3-11H,1-2H3. The van der Waals surface area contributed by atoms with Crippen LogP contribution in [0.2, 0.25) is 0 Å². The van der Waals surface area contributed by atoms with Crippen molar-refractivity contribution in [1.82, 2.24) is 4.98 Å². The highest BCUT2D eigenvalue weighted by Crippen LogP contribution is 2.41. The highest BCUT2D eigenvalue weighted by molar-refractivity contribution is 5.80. The first-order valence-corrected chi connectivity index (χ1v) is 5.81. The van der Waals surface area contributed by atoms with Gasteiger partial charge in [-0.2, -0.15) is 0 Å². The Balaban J connectivity index is 2.13. The van der Waals surface area contributed by atoms with E-state index in [-0.39, 0.29) is 0 Å². The Morgan fingerprint density at radius 1 is 1.06 bits per heavy atom. The van der Waals surface area contributed by atoms with Crippen LogP contribution in [-0.2, 0) is 0 Å². The molecule has 0 amide bonds. The number of hydrogen-bond acceptors (Lipinski definition) is 3. The van der Waals surface area contributed by atoms with E-state index in [4.69, 9.17) is 0 Å². The Labute approximate surface area is 101 Å². The van der Waals surface area contributed by atoms with E-state index in [1.165, 1.54) is 11.4 Å². The Hall–Kier alpha value is -2.03. The van der Waals surface area contributed by atoms with Crippen molar-refractivity contribution < 1.29 is 0 Å². The summed E-state index contributed by atoms with van der Waals surface area (Å²) in [4.78, 5) is 8.96. The van der Waals surface area contributed by atoms with Gasteiger partial charge in [-0.15, -0.1) is 0 Å². The molecule has 1 aromatic heterocycles. The molecule has 0 spiro atoms. The van der Waals surface area contributed by atoms with E-state index in [2.05, 4.69) is 59.1 Å². The molecule has 1 aliphatic heterocycles. The number of hydrogen-bond donors (Lipinski definition) is 0. The molecular weight excluding hydrogens is 210 g/mol. The van der Waals surface area contributed by atoms with Crippen LogP contribution < -0.4 is 9.80 Å². The fourth-order valence-corrected chi connectivity index (χ4v) is 2.34. The Bertz CT molecular complexity index is 524. The third-order valence-electron chi connectivity index (χ3n) is 3.33. The number of nitrogens with zero attached hydrogens (tertiary/aromatic N) is 3. The van der Waals surface area contributed by atoms with Crippen LogP contribution >= 0.6 is 0 Å². The maximum absolute atomic E-state index is 4.45. The summed E-state index contributed by atoms with van der Waals surface area (Å²) in [7, 11) is 2.08. The first-order valence-electron chi connectivity index (χ1n) is 5.81. The number of rotatable bonds is 1. The average molecular weight is 225 g/mol. The predicted octanol–water partition coefficient (Wildman–Crippen LogP) is 3.02. The van der Waals surface area contributed by atoms with Gasteiger partial charge in [0.1, 0.15) is 6.17 Å². The minimum Gasteiger partial charge on any atom is -0.337 e. The molecule has 3 heteroatoms. The van der Waals surface area contributed by atoms with Gasteiger partial charge in [-0.1, -0.05) is 18.2 Å². The highest BCUT2D eigenvalue weighted by atomic mass is 15.4. The molecule has 3 rings (SSSR count). The fraction of sp³-hybridized carbons (Fsp3) is 0.214. The number of benzene rings is 1. The van der Waals surface area contributed by atoms with Gasteiger partial charge in [0.15, 0.2) is 5.82 Å². The third kappa shape index (κ3) is 1.46. The van der Waals surface area contributed by atoms with Crippen LogP contribution in [0.15, 0.2) is 48.7 Å². The van der Waals surface area contributed by atoms with Gasteiger partial charge < -0.3 is 9.80 Å². The SMILES string of the molecule is CC1N(C)c2ncccc2N1c1ccccc1. The van der Waals surface area contributed by atoms with Crippen LogP contribution in [0.3, 0.4) is 0 Å². The molecule has 17 heavy (non-hydrogen) atoms. The number of para-hydroxylation sites is 1. The average Bonchev–Trinajstić information content (AvgIpc) is 2.64. The molecule has 2 aromatic rings. The summed E-state index contributed by atoms with van der Waals surface area (Å²) in [5.41, 5.74) is 2.38. The molecule has 1 aromatic carbocycles. The quantitative estimate of drug-likeness (QED) is 0.743. The van der Waals surface area contributed by atoms with Gasteiger partial charge in [-0.25, -0.2) is 4.98 Å². The lowest BCUT2D eigenvalue weighted by atomic mass is 10.2. The summed E-state index contributed by atoms with van der Waals surface area (Å²) in [6.45, 7) is 2.19. The monoisotopic (exact) mass is 225 g/mol. The number of fused-ring (bicyclic) bond motifs is 1. The van der Waals surface area contributed by atoms with E-state index < -0.39 is 0 Å². The molecule has 86 valence electrons. The summed E-state index contributed by atoms with van der Waals surface area (Å²) in [6, 6.07) is 14.5. The van der Waals surface area contributed by atoms with E-state index in [9.17, 15) is 0 Å². The lowest BCUT2D eigenvalue weighted by molar-refractivity contribution is 0.729. The van der Waals surface area contributed by atoms with Gasteiger partial charge >= 0.3 is 0 Å². The minimum absolute atomic E-state index is 0.294. The van der Waals surface area contributed by atoms with Crippen molar-refractivity contribution >= 4 is 17.2 Å². The van der Waals surface area contributed by atoms with Gasteiger partial charge in [0, 0.05) is 18.9 Å². The summed E-state index contributed by atoms with van der Waals surface area (Å²) < 4.78 is 0. The molecule has 3 nitrogen and oxygen atoms in total. The van der Waals surface area contributed by atoms with E-state index in [1.54, 1.807) is 0 Å². The molecule has 0 N–H and O–H groups in total. The zero-order valence-electron chi connectivity index (χ0n) is 10.0. The molecule has 1 aliphatic rings. The number of aromatic nitrogens is 1. The second-order valence-corrected chi connectivity index (χ2v) is 4.29. The molecular formula is C14H15N3. The molecule has 2 heterocycles. The lowest BCUT2D eigenvalue weighted by Gasteiger charge is -2.27. The molecule has 0 saturated carbocycles. The second-order valence-electron chi connectivity index (χ2n) is 4.29. The van der Waals surface area contributed by atoms with Gasteiger partial charge in [0.25, 0.3) is 0 Å². The van der Waals surface area contributed by atoms with Crippen molar-refractivity contribution in [2.75, 3.05) is 16.8 Å². The first kappa shape index (κ1) is 10.1. The van der Waals surface area contributed by atoms with Crippen molar-refractivity contribution in [2.24, 2.45) is 0 Å². The molecule has 1 atom stereocenters. The Kier molecular flexibility index (Phi) is 2.25. The van der Waals surface area contributed by atoms with Crippen LogP contribution in [0.25, 0.3) is 0 Å². The van der Waals surface area contributed by atoms with E-state index in [0.717, 1.165) is 5.82 Å². The number of pyridine rings is 1. The fourth-order valence-electron chi connectivity index (χ4n) is 2.34. The maximum atomic E-state index is 4.45. The van der Waals surface area contributed by atoms with Crippen molar-refractivity contribution in [3.63, 3.8) is 0 Å². The molecule has 0 saturated heterocycles. The van der Waals surface area contributed by atoms with Gasteiger partial charge in [0.05, 0.1) is 5.69 Å². The maximum Gasteiger partial charge on any atom is 0.153 e. The first-order chi connectivity index (χ1) is 8.29. The van der Waals surface area contributed by atoms with Crippen LogP contribution in [0.1, 0.15) is 6.92 Å². The summed E-state index contributed by atoms with van der Waals surface area (Å²) in [6.07, 6.45) is 2.14. The Morgan fingerprint density at radius 3 is 2.59 bits per heavy atom. The third-order valence-corrected chi connectivity index (χ3v) is 3.33. The summed E-state index contributed by atoms with van der Waals surface area (Å²) >= 11 is 0. The van der Waals surface area contributed by atoms with Crippen molar-refractivity contribution in [1.29, 1.82) is 0 Å². The van der Waals surface area contributed by atoms with E-state index >= 15 is 0 Å². The van der Waals surface area contributed by atoms with Gasteiger partial charge in [-0.05, 0) is 31.2 Å².